The lowest BCUT2D eigenvalue weighted by Crippen LogP contribution is -2.38. The zero-order valence-corrected chi connectivity index (χ0v) is 14.2. The number of hydrogen-bond acceptors (Lipinski definition) is 4. The molecule has 124 valence electrons. The van der Waals surface area contributed by atoms with E-state index in [4.69, 9.17) is 10.5 Å². The van der Waals surface area contributed by atoms with Crippen molar-refractivity contribution in [3.05, 3.63) is 29.8 Å². The standard InChI is InChI=1S/C17H26N2O2.ClH/c1-12-3-9-16(10-4-12)19-11-13(2)21-17(20)14-5-7-15(18)8-6-14;/h5-8,12-13,16,19H,3-4,9-11,18H2,1-2H3;1H. The number of esters is 1. The third-order valence-corrected chi connectivity index (χ3v) is 4.16. The Morgan fingerprint density at radius 1 is 1.27 bits per heavy atom. The fourth-order valence-electron chi connectivity index (χ4n) is 2.71. The van der Waals surface area contributed by atoms with Crippen molar-refractivity contribution in [2.75, 3.05) is 12.3 Å². The molecule has 2 rings (SSSR count). The second-order valence-electron chi connectivity index (χ2n) is 6.20. The average molecular weight is 327 g/mol. The van der Waals surface area contributed by atoms with Gasteiger partial charge in [0.15, 0.2) is 0 Å². The molecule has 4 nitrogen and oxygen atoms in total. The van der Waals surface area contributed by atoms with E-state index >= 15 is 0 Å². The summed E-state index contributed by atoms with van der Waals surface area (Å²) in [4.78, 5) is 12.0. The van der Waals surface area contributed by atoms with Crippen LogP contribution in [-0.2, 0) is 4.74 Å². The summed E-state index contributed by atoms with van der Waals surface area (Å²) in [6.45, 7) is 4.95. The minimum atomic E-state index is -0.290. The van der Waals surface area contributed by atoms with Gasteiger partial charge in [-0.3, -0.25) is 0 Å². The van der Waals surface area contributed by atoms with E-state index in [0.29, 0.717) is 23.8 Å². The first-order chi connectivity index (χ1) is 10.0. The summed E-state index contributed by atoms with van der Waals surface area (Å²) in [7, 11) is 0. The van der Waals surface area contributed by atoms with Crippen molar-refractivity contribution in [2.24, 2.45) is 5.92 Å². The molecule has 0 spiro atoms. The number of ether oxygens (including phenoxy) is 1. The number of nitrogens with two attached hydrogens (primary N) is 1. The van der Waals surface area contributed by atoms with Crippen molar-refractivity contribution in [2.45, 2.75) is 51.7 Å². The number of benzene rings is 1. The van der Waals surface area contributed by atoms with E-state index in [9.17, 15) is 4.79 Å². The van der Waals surface area contributed by atoms with Gasteiger partial charge in [-0.2, -0.15) is 0 Å². The van der Waals surface area contributed by atoms with Gasteiger partial charge in [0.2, 0.25) is 0 Å². The minimum absolute atomic E-state index is 0. The Bertz CT molecular complexity index is 456. The fourth-order valence-corrected chi connectivity index (χ4v) is 2.71. The number of carbonyl (C=O) groups excluding carboxylic acids is 1. The third kappa shape index (κ3) is 5.85. The SMILES string of the molecule is CC1CCC(NCC(C)OC(=O)c2ccc(N)cc2)CC1.Cl. The van der Waals surface area contributed by atoms with Crippen molar-refractivity contribution >= 4 is 24.1 Å². The molecule has 0 aromatic heterocycles. The Kier molecular flexibility index (Phi) is 7.69. The first-order valence-electron chi connectivity index (χ1n) is 7.84. The zero-order chi connectivity index (χ0) is 15.2. The van der Waals surface area contributed by atoms with E-state index in [0.717, 1.165) is 5.92 Å². The highest BCUT2D eigenvalue weighted by atomic mass is 35.5. The third-order valence-electron chi connectivity index (χ3n) is 4.16. The van der Waals surface area contributed by atoms with Crippen molar-refractivity contribution in [3.63, 3.8) is 0 Å². The number of nitrogens with one attached hydrogen (secondary N) is 1. The number of anilines is 1. The highest BCUT2D eigenvalue weighted by Gasteiger charge is 2.19. The maximum Gasteiger partial charge on any atom is 0.338 e. The molecule has 1 aliphatic rings. The number of hydrogen-bond donors (Lipinski definition) is 2. The molecule has 0 heterocycles. The van der Waals surface area contributed by atoms with Gasteiger partial charge < -0.3 is 15.8 Å². The van der Waals surface area contributed by atoms with Gasteiger partial charge in [-0.15, -0.1) is 12.4 Å². The smallest absolute Gasteiger partial charge is 0.338 e. The molecule has 1 fully saturated rings. The number of carbonyl (C=O) groups is 1. The van der Waals surface area contributed by atoms with Crippen LogP contribution in [0.25, 0.3) is 0 Å². The minimum Gasteiger partial charge on any atom is -0.458 e. The van der Waals surface area contributed by atoms with Crippen LogP contribution in [0, 0.1) is 5.92 Å². The molecule has 3 N–H and O–H groups in total. The second kappa shape index (κ2) is 9.01. The van der Waals surface area contributed by atoms with Gasteiger partial charge in [0.25, 0.3) is 0 Å². The second-order valence-corrected chi connectivity index (χ2v) is 6.20. The lowest BCUT2D eigenvalue weighted by Gasteiger charge is -2.28. The Hall–Kier alpha value is -1.26. The summed E-state index contributed by atoms with van der Waals surface area (Å²) in [5.41, 5.74) is 6.80. The van der Waals surface area contributed by atoms with E-state index in [1.807, 2.05) is 6.92 Å². The highest BCUT2D eigenvalue weighted by molar-refractivity contribution is 5.89. The highest BCUT2D eigenvalue weighted by Crippen LogP contribution is 2.23. The van der Waals surface area contributed by atoms with Crippen molar-refractivity contribution in [3.8, 4) is 0 Å². The van der Waals surface area contributed by atoms with Gasteiger partial charge in [0.05, 0.1) is 5.56 Å². The molecule has 1 atom stereocenters. The molecule has 1 unspecified atom stereocenters. The van der Waals surface area contributed by atoms with Gasteiger partial charge >= 0.3 is 5.97 Å². The fraction of sp³-hybridized carbons (Fsp3) is 0.588. The largest absolute Gasteiger partial charge is 0.458 e. The molecule has 0 radical (unpaired) electrons. The van der Waals surface area contributed by atoms with E-state index in [2.05, 4.69) is 12.2 Å². The molecule has 1 aromatic rings. The summed E-state index contributed by atoms with van der Waals surface area (Å²) >= 11 is 0. The predicted octanol–water partition coefficient (Wildman–Crippen LogP) is 3.40. The van der Waals surface area contributed by atoms with Crippen molar-refractivity contribution in [1.29, 1.82) is 0 Å². The van der Waals surface area contributed by atoms with Gasteiger partial charge in [-0.1, -0.05) is 6.92 Å². The molecule has 0 aliphatic heterocycles. The van der Waals surface area contributed by atoms with Crippen LogP contribution in [0.4, 0.5) is 5.69 Å². The van der Waals surface area contributed by atoms with Gasteiger partial charge in [0.1, 0.15) is 6.10 Å². The van der Waals surface area contributed by atoms with Crippen LogP contribution in [0.15, 0.2) is 24.3 Å². The van der Waals surface area contributed by atoms with Crippen LogP contribution >= 0.6 is 12.4 Å². The van der Waals surface area contributed by atoms with Crippen LogP contribution < -0.4 is 11.1 Å². The summed E-state index contributed by atoms with van der Waals surface area (Å²) in [5.74, 6) is 0.561. The Labute approximate surface area is 139 Å². The molecular weight excluding hydrogens is 300 g/mol. The van der Waals surface area contributed by atoms with Crippen LogP contribution in [-0.4, -0.2) is 24.7 Å². The van der Waals surface area contributed by atoms with Crippen LogP contribution in [0.5, 0.6) is 0 Å². The quantitative estimate of drug-likeness (QED) is 0.643. The van der Waals surface area contributed by atoms with Crippen molar-refractivity contribution < 1.29 is 9.53 Å². The monoisotopic (exact) mass is 326 g/mol. The Morgan fingerprint density at radius 3 is 2.45 bits per heavy atom. The average Bonchev–Trinajstić information content (AvgIpc) is 2.47. The molecule has 0 bridgehead atoms. The Balaban J connectivity index is 0.00000242. The maximum atomic E-state index is 12.0. The summed E-state index contributed by atoms with van der Waals surface area (Å²) < 4.78 is 5.45. The molecular formula is C17H27ClN2O2. The van der Waals surface area contributed by atoms with Crippen molar-refractivity contribution in [1.82, 2.24) is 5.32 Å². The molecule has 1 aromatic carbocycles. The van der Waals surface area contributed by atoms with Crippen LogP contribution in [0.3, 0.4) is 0 Å². The summed E-state index contributed by atoms with van der Waals surface area (Å²) in [6, 6.07) is 7.38. The van der Waals surface area contributed by atoms with Crippen LogP contribution in [0.1, 0.15) is 49.9 Å². The zero-order valence-electron chi connectivity index (χ0n) is 13.4. The molecule has 0 saturated heterocycles. The molecule has 1 aliphatic carbocycles. The first-order valence-corrected chi connectivity index (χ1v) is 7.84. The van der Waals surface area contributed by atoms with Crippen LogP contribution in [0.2, 0.25) is 0 Å². The molecule has 0 amide bonds. The van der Waals surface area contributed by atoms with E-state index in [1.54, 1.807) is 24.3 Å². The van der Waals surface area contributed by atoms with Gasteiger partial charge in [0, 0.05) is 18.3 Å². The molecule has 1 saturated carbocycles. The first kappa shape index (κ1) is 18.8. The maximum absolute atomic E-state index is 12.0. The summed E-state index contributed by atoms with van der Waals surface area (Å²) in [6.07, 6.45) is 4.89. The number of halogens is 1. The van der Waals surface area contributed by atoms with E-state index in [-0.39, 0.29) is 24.5 Å². The normalized spacial score (nSPS) is 22.5. The van der Waals surface area contributed by atoms with E-state index in [1.165, 1.54) is 25.7 Å². The molecule has 22 heavy (non-hydrogen) atoms. The topological polar surface area (TPSA) is 64.3 Å². The lowest BCUT2D eigenvalue weighted by atomic mass is 9.87. The predicted molar refractivity (Wildman–Crippen MR) is 92.4 cm³/mol. The van der Waals surface area contributed by atoms with Gasteiger partial charge in [-0.05, 0) is 62.8 Å². The Morgan fingerprint density at radius 2 is 1.86 bits per heavy atom. The number of rotatable bonds is 5. The lowest BCUT2D eigenvalue weighted by molar-refractivity contribution is 0.0333. The number of nitrogen functional groups attached to an aromatic ring is 1. The van der Waals surface area contributed by atoms with Gasteiger partial charge in [-0.25, -0.2) is 4.79 Å². The van der Waals surface area contributed by atoms with E-state index < -0.39 is 0 Å². The molecule has 5 heteroatoms. The summed E-state index contributed by atoms with van der Waals surface area (Å²) in [5, 5.41) is 3.51.